The van der Waals surface area contributed by atoms with Crippen LogP contribution in [0.25, 0.3) is 11.2 Å². The Hall–Kier alpha value is -2.61. The summed E-state index contributed by atoms with van der Waals surface area (Å²) >= 11 is 1.45. The molecule has 2 aromatic heterocycles. The minimum absolute atomic E-state index is 0.0487. The Morgan fingerprint density at radius 3 is 2.83 bits per heavy atom. The average molecular weight is 342 g/mol. The van der Waals surface area contributed by atoms with Gasteiger partial charge in [-0.05, 0) is 5.56 Å². The zero-order valence-electron chi connectivity index (χ0n) is 13.3. The number of benzene rings is 1. The number of nitrogens with one attached hydrogen (secondary N) is 1. The molecule has 2 heterocycles. The molecular formula is C16H18N6OS. The first-order chi connectivity index (χ1) is 11.6. The van der Waals surface area contributed by atoms with E-state index in [9.17, 15) is 4.79 Å². The number of amides is 1. The number of anilines is 1. The Bertz CT molecular complexity index is 848. The number of hydrogen-bond acceptors (Lipinski definition) is 6. The maximum Gasteiger partial charge on any atom is 0.216 e. The Morgan fingerprint density at radius 1 is 1.29 bits per heavy atom. The summed E-state index contributed by atoms with van der Waals surface area (Å²) in [6.45, 7) is 2.72. The van der Waals surface area contributed by atoms with Gasteiger partial charge in [-0.2, -0.15) is 0 Å². The van der Waals surface area contributed by atoms with Crippen molar-refractivity contribution in [2.24, 2.45) is 0 Å². The van der Waals surface area contributed by atoms with Crippen molar-refractivity contribution in [1.82, 2.24) is 24.8 Å². The third-order valence-corrected chi connectivity index (χ3v) is 4.22. The Kier molecular flexibility index (Phi) is 4.95. The van der Waals surface area contributed by atoms with Crippen LogP contribution in [0.3, 0.4) is 0 Å². The van der Waals surface area contributed by atoms with E-state index in [-0.39, 0.29) is 5.91 Å². The number of nitrogens with two attached hydrogens (primary N) is 1. The number of hydrogen-bond donors (Lipinski definition) is 2. The van der Waals surface area contributed by atoms with Crippen LogP contribution in [-0.2, 0) is 11.3 Å². The average Bonchev–Trinajstić information content (AvgIpc) is 2.96. The number of thioether (sulfide) groups is 1. The van der Waals surface area contributed by atoms with Crippen LogP contribution in [0.4, 0.5) is 5.82 Å². The number of imidazole rings is 1. The molecule has 0 aliphatic heterocycles. The van der Waals surface area contributed by atoms with Gasteiger partial charge >= 0.3 is 0 Å². The quantitative estimate of drug-likeness (QED) is 0.402. The monoisotopic (exact) mass is 342 g/mol. The van der Waals surface area contributed by atoms with E-state index < -0.39 is 0 Å². The van der Waals surface area contributed by atoms with Crippen LogP contribution >= 0.6 is 11.8 Å². The summed E-state index contributed by atoms with van der Waals surface area (Å²) in [6, 6.07) is 10.1. The van der Waals surface area contributed by atoms with Crippen LogP contribution in [0.15, 0.2) is 41.8 Å². The fraction of sp³-hybridized carbons (Fsp3) is 0.250. The van der Waals surface area contributed by atoms with E-state index >= 15 is 0 Å². The molecule has 1 amide bonds. The molecular weight excluding hydrogens is 324 g/mol. The number of fused-ring (bicyclic) bond motifs is 1. The smallest absolute Gasteiger partial charge is 0.216 e. The highest BCUT2D eigenvalue weighted by Gasteiger charge is 2.12. The number of aromatic nitrogens is 4. The highest BCUT2D eigenvalue weighted by Crippen LogP contribution is 2.22. The van der Waals surface area contributed by atoms with E-state index in [1.165, 1.54) is 18.7 Å². The molecule has 0 radical (unpaired) electrons. The van der Waals surface area contributed by atoms with Gasteiger partial charge < -0.3 is 15.6 Å². The van der Waals surface area contributed by atoms with Crippen molar-refractivity contribution in [1.29, 1.82) is 0 Å². The van der Waals surface area contributed by atoms with Crippen molar-refractivity contribution in [2.45, 2.75) is 18.6 Å². The summed E-state index contributed by atoms with van der Waals surface area (Å²) in [4.78, 5) is 24.1. The van der Waals surface area contributed by atoms with Crippen molar-refractivity contribution in [3.63, 3.8) is 0 Å². The second-order valence-corrected chi connectivity index (χ2v) is 6.32. The highest BCUT2D eigenvalue weighted by molar-refractivity contribution is 7.99. The predicted octanol–water partition coefficient (Wildman–Crippen LogP) is 1.68. The van der Waals surface area contributed by atoms with Crippen LogP contribution < -0.4 is 11.1 Å². The topological polar surface area (TPSA) is 98.7 Å². The molecule has 124 valence electrons. The largest absolute Gasteiger partial charge is 0.382 e. The normalized spacial score (nSPS) is 10.9. The number of nitrogens with zero attached hydrogens (tertiary/aromatic N) is 4. The summed E-state index contributed by atoms with van der Waals surface area (Å²) in [5, 5.41) is 3.33. The summed E-state index contributed by atoms with van der Waals surface area (Å²) in [5.41, 5.74) is 8.49. The molecule has 0 spiro atoms. The predicted molar refractivity (Wildman–Crippen MR) is 94.7 cm³/mol. The van der Waals surface area contributed by atoms with Crippen LogP contribution in [0, 0.1) is 0 Å². The Morgan fingerprint density at radius 2 is 2.08 bits per heavy atom. The molecule has 24 heavy (non-hydrogen) atoms. The molecule has 0 fully saturated rings. The molecule has 3 N–H and O–H groups in total. The van der Waals surface area contributed by atoms with E-state index in [0.29, 0.717) is 41.0 Å². The first kappa shape index (κ1) is 16.3. The van der Waals surface area contributed by atoms with Crippen LogP contribution in [0.2, 0.25) is 0 Å². The Balaban J connectivity index is 1.80. The van der Waals surface area contributed by atoms with Gasteiger partial charge in [0.15, 0.2) is 16.6 Å². The fourth-order valence-electron chi connectivity index (χ4n) is 2.28. The Labute approximate surface area is 143 Å². The second kappa shape index (κ2) is 7.31. The van der Waals surface area contributed by atoms with Gasteiger partial charge in [-0.3, -0.25) is 4.79 Å². The molecule has 0 unspecified atom stereocenters. The number of carbonyl (C=O) groups excluding carboxylic acids is 1. The van der Waals surface area contributed by atoms with E-state index in [2.05, 4.69) is 32.4 Å². The first-order valence-electron chi connectivity index (χ1n) is 7.53. The van der Waals surface area contributed by atoms with E-state index in [4.69, 9.17) is 5.73 Å². The molecule has 0 saturated carbocycles. The van der Waals surface area contributed by atoms with Crippen molar-refractivity contribution in [3.05, 3.63) is 42.2 Å². The lowest BCUT2D eigenvalue weighted by Crippen LogP contribution is -2.22. The zero-order valence-corrected chi connectivity index (χ0v) is 14.1. The van der Waals surface area contributed by atoms with Crippen LogP contribution in [0.5, 0.6) is 0 Å². The maximum absolute atomic E-state index is 10.9. The zero-order chi connectivity index (χ0) is 16.9. The van der Waals surface area contributed by atoms with Gasteiger partial charge in [-0.15, -0.1) is 0 Å². The summed E-state index contributed by atoms with van der Waals surface area (Å²) < 4.78 is 1.96. The first-order valence-corrected chi connectivity index (χ1v) is 8.51. The number of carbonyl (C=O) groups is 1. The van der Waals surface area contributed by atoms with Crippen molar-refractivity contribution in [2.75, 3.05) is 18.0 Å². The van der Waals surface area contributed by atoms with Gasteiger partial charge in [0.05, 0.1) is 12.9 Å². The van der Waals surface area contributed by atoms with Gasteiger partial charge in [0.2, 0.25) is 5.91 Å². The van der Waals surface area contributed by atoms with Crippen molar-refractivity contribution < 1.29 is 4.79 Å². The number of rotatable bonds is 6. The van der Waals surface area contributed by atoms with Crippen molar-refractivity contribution in [3.8, 4) is 0 Å². The highest BCUT2D eigenvalue weighted by atomic mass is 32.2. The molecule has 7 nitrogen and oxygen atoms in total. The minimum Gasteiger partial charge on any atom is -0.382 e. The molecule has 8 heteroatoms. The lowest BCUT2D eigenvalue weighted by Gasteiger charge is -2.06. The summed E-state index contributed by atoms with van der Waals surface area (Å²) in [7, 11) is 0. The molecule has 0 aliphatic rings. The van der Waals surface area contributed by atoms with E-state index in [0.717, 1.165) is 5.56 Å². The standard InChI is InChI=1S/C16H18N6OS/c1-11(23)18-7-8-24-16-20-14(17)13-15(21-16)22(10-19-13)9-12-5-3-2-4-6-12/h2-6,10H,7-9H2,1H3,(H,18,23)(H2,17,20,21). The van der Waals surface area contributed by atoms with Gasteiger partial charge in [-0.1, -0.05) is 42.1 Å². The fourth-order valence-corrected chi connectivity index (χ4v) is 2.98. The van der Waals surface area contributed by atoms with Gasteiger partial charge in [0, 0.05) is 19.2 Å². The molecule has 1 aromatic carbocycles. The number of nitrogen functional groups attached to an aromatic ring is 1. The maximum atomic E-state index is 10.9. The van der Waals surface area contributed by atoms with Crippen LogP contribution in [-0.4, -0.2) is 37.7 Å². The third-order valence-electron chi connectivity index (χ3n) is 3.37. The van der Waals surface area contributed by atoms with Gasteiger partial charge in [-0.25, -0.2) is 15.0 Å². The summed E-state index contributed by atoms with van der Waals surface area (Å²) in [5.74, 6) is 0.999. The van der Waals surface area contributed by atoms with Crippen molar-refractivity contribution >= 4 is 34.7 Å². The lowest BCUT2D eigenvalue weighted by molar-refractivity contribution is -0.118. The molecule has 0 saturated heterocycles. The molecule has 0 bridgehead atoms. The molecule has 3 rings (SSSR count). The minimum atomic E-state index is -0.0487. The second-order valence-electron chi connectivity index (χ2n) is 5.25. The van der Waals surface area contributed by atoms with Crippen LogP contribution in [0.1, 0.15) is 12.5 Å². The van der Waals surface area contributed by atoms with E-state index in [1.54, 1.807) is 6.33 Å². The molecule has 0 atom stereocenters. The summed E-state index contributed by atoms with van der Waals surface area (Å²) in [6.07, 6.45) is 1.73. The SMILES string of the molecule is CC(=O)NCCSc1nc(N)c2ncn(Cc3ccccc3)c2n1. The van der Waals surface area contributed by atoms with Gasteiger partial charge in [0.1, 0.15) is 5.52 Å². The molecule has 0 aliphatic carbocycles. The molecule has 3 aromatic rings. The van der Waals surface area contributed by atoms with Gasteiger partial charge in [0.25, 0.3) is 0 Å². The lowest BCUT2D eigenvalue weighted by atomic mass is 10.2. The third kappa shape index (κ3) is 3.83. The van der Waals surface area contributed by atoms with E-state index in [1.807, 2.05) is 22.8 Å².